The molecule has 0 atom stereocenters. The fourth-order valence-electron chi connectivity index (χ4n) is 2.25. The molecule has 0 amide bonds. The molecule has 1 aromatic carbocycles. The number of aromatic nitrogens is 2. The average Bonchev–Trinajstić information content (AvgIpc) is 2.95. The topological polar surface area (TPSA) is 17.8 Å². The van der Waals surface area contributed by atoms with E-state index in [-0.39, 0.29) is 25.0 Å². The molecule has 2 heterocycles. The summed E-state index contributed by atoms with van der Waals surface area (Å²) in [6, 6.07) is 8.28. The van der Waals surface area contributed by atoms with Gasteiger partial charge in [-0.15, -0.1) is 0 Å². The highest BCUT2D eigenvalue weighted by molar-refractivity contribution is 5.59. The number of rotatable bonds is 1. The second-order valence-electron chi connectivity index (χ2n) is 4.86. The molecule has 3 rings (SSSR count). The SMILES string of the molecule is [2H]CC1(C[2H])Cc2cc(-c3ccc(F)cc3)nn2C1. The maximum absolute atomic E-state index is 12.9. The van der Waals surface area contributed by atoms with Crippen LogP contribution >= 0.6 is 0 Å². The van der Waals surface area contributed by atoms with Crippen molar-refractivity contribution in [3.63, 3.8) is 0 Å². The van der Waals surface area contributed by atoms with Crippen LogP contribution in [0, 0.1) is 11.2 Å². The molecule has 0 fully saturated rings. The molecule has 3 heteroatoms. The van der Waals surface area contributed by atoms with Crippen molar-refractivity contribution in [3.8, 4) is 11.3 Å². The third-order valence-corrected chi connectivity index (χ3v) is 3.04. The monoisotopic (exact) mass is 232 g/mol. The van der Waals surface area contributed by atoms with Crippen LogP contribution in [0.2, 0.25) is 0 Å². The van der Waals surface area contributed by atoms with Crippen LogP contribution < -0.4 is 0 Å². The van der Waals surface area contributed by atoms with Crippen molar-refractivity contribution in [2.24, 2.45) is 5.41 Å². The van der Waals surface area contributed by atoms with E-state index in [1.54, 1.807) is 12.1 Å². The molecule has 0 aliphatic carbocycles. The van der Waals surface area contributed by atoms with Crippen molar-refractivity contribution in [1.29, 1.82) is 0 Å². The van der Waals surface area contributed by atoms with E-state index in [0.717, 1.165) is 23.4 Å². The molecule has 0 radical (unpaired) electrons. The van der Waals surface area contributed by atoms with Gasteiger partial charge in [-0.3, -0.25) is 4.68 Å². The van der Waals surface area contributed by atoms with Gasteiger partial charge in [0.15, 0.2) is 0 Å². The van der Waals surface area contributed by atoms with E-state index in [4.69, 9.17) is 2.74 Å². The van der Waals surface area contributed by atoms with Crippen molar-refractivity contribution in [2.75, 3.05) is 0 Å². The van der Waals surface area contributed by atoms with Gasteiger partial charge in [0.2, 0.25) is 0 Å². The Morgan fingerprint density at radius 2 is 2.12 bits per heavy atom. The molecule has 0 bridgehead atoms. The third kappa shape index (κ3) is 1.86. The van der Waals surface area contributed by atoms with Gasteiger partial charge in [-0.25, -0.2) is 4.39 Å². The lowest BCUT2D eigenvalue weighted by Gasteiger charge is -2.14. The molecule has 1 aliphatic rings. The van der Waals surface area contributed by atoms with Gasteiger partial charge in [-0.05, 0) is 42.2 Å². The van der Waals surface area contributed by atoms with E-state index in [2.05, 4.69) is 5.10 Å². The third-order valence-electron chi connectivity index (χ3n) is 3.04. The molecular formula is C14H15FN2. The van der Waals surface area contributed by atoms with Crippen LogP contribution in [0.3, 0.4) is 0 Å². The van der Waals surface area contributed by atoms with E-state index in [9.17, 15) is 4.39 Å². The number of hydrogen-bond donors (Lipinski definition) is 0. The highest BCUT2D eigenvalue weighted by atomic mass is 19.1. The highest BCUT2D eigenvalue weighted by Gasteiger charge is 2.29. The molecule has 2 aromatic rings. The van der Waals surface area contributed by atoms with Gasteiger partial charge in [0.05, 0.1) is 5.69 Å². The fraction of sp³-hybridized carbons (Fsp3) is 0.357. The zero-order valence-corrected chi connectivity index (χ0v) is 9.49. The average molecular weight is 232 g/mol. The Labute approximate surface area is 103 Å². The van der Waals surface area contributed by atoms with E-state index in [1.165, 1.54) is 12.1 Å². The Morgan fingerprint density at radius 1 is 1.35 bits per heavy atom. The lowest BCUT2D eigenvalue weighted by atomic mass is 9.91. The minimum absolute atomic E-state index is 0.252. The maximum atomic E-state index is 12.9. The summed E-state index contributed by atoms with van der Waals surface area (Å²) < 4.78 is 30.0. The smallest absolute Gasteiger partial charge is 0.123 e. The van der Waals surface area contributed by atoms with Crippen LogP contribution in [-0.2, 0) is 13.0 Å². The van der Waals surface area contributed by atoms with Crippen molar-refractivity contribution in [3.05, 3.63) is 41.8 Å². The lowest BCUT2D eigenvalue weighted by Crippen LogP contribution is -2.13. The quantitative estimate of drug-likeness (QED) is 0.738. The summed E-state index contributed by atoms with van der Waals surface area (Å²) in [5.41, 5.74) is 2.52. The van der Waals surface area contributed by atoms with Crippen molar-refractivity contribution >= 4 is 0 Å². The van der Waals surface area contributed by atoms with Gasteiger partial charge in [-0.1, -0.05) is 13.8 Å². The molecule has 2 nitrogen and oxygen atoms in total. The first kappa shape index (κ1) is 8.45. The van der Waals surface area contributed by atoms with Crippen LogP contribution in [0.5, 0.6) is 0 Å². The van der Waals surface area contributed by atoms with Crippen LogP contribution in [0.1, 0.15) is 22.2 Å². The normalized spacial score (nSPS) is 18.6. The molecule has 0 saturated carbocycles. The first-order chi connectivity index (χ1) is 9.15. The minimum atomic E-state index is -0.274. The van der Waals surface area contributed by atoms with E-state index in [1.807, 2.05) is 10.7 Å². The van der Waals surface area contributed by atoms with Gasteiger partial charge >= 0.3 is 0 Å². The largest absolute Gasteiger partial charge is 0.268 e. The van der Waals surface area contributed by atoms with Crippen molar-refractivity contribution in [1.82, 2.24) is 9.78 Å². The Bertz CT molecular complexity index is 562. The Balaban J connectivity index is 1.89. The predicted molar refractivity (Wildman–Crippen MR) is 65.1 cm³/mol. The van der Waals surface area contributed by atoms with Gasteiger partial charge in [0.25, 0.3) is 0 Å². The summed E-state index contributed by atoms with van der Waals surface area (Å²) in [6.45, 7) is 1.15. The summed E-state index contributed by atoms with van der Waals surface area (Å²) in [4.78, 5) is 0. The molecule has 1 aliphatic heterocycles. The van der Waals surface area contributed by atoms with Gasteiger partial charge in [-0.2, -0.15) is 5.10 Å². The van der Waals surface area contributed by atoms with E-state index in [0.29, 0.717) is 6.54 Å². The zero-order valence-electron chi connectivity index (χ0n) is 11.5. The first-order valence-corrected chi connectivity index (χ1v) is 5.57. The summed E-state index contributed by atoms with van der Waals surface area (Å²) >= 11 is 0. The van der Waals surface area contributed by atoms with Gasteiger partial charge < -0.3 is 0 Å². The second kappa shape index (κ2) is 3.42. The number of fused-ring (bicyclic) bond motifs is 1. The first-order valence-electron chi connectivity index (χ1n) is 6.98. The van der Waals surface area contributed by atoms with Crippen LogP contribution in [0.15, 0.2) is 30.3 Å². The molecule has 1 aromatic heterocycles. The Morgan fingerprint density at radius 3 is 2.76 bits per heavy atom. The molecule has 0 saturated heterocycles. The van der Waals surface area contributed by atoms with Crippen LogP contribution in [0.25, 0.3) is 11.3 Å². The summed E-state index contributed by atoms with van der Waals surface area (Å²) in [7, 11) is 0. The zero-order chi connectivity index (χ0) is 13.5. The summed E-state index contributed by atoms with van der Waals surface area (Å²) in [5.74, 6) is -0.252. The van der Waals surface area contributed by atoms with E-state index < -0.39 is 0 Å². The molecule has 0 N–H and O–H groups in total. The predicted octanol–water partition coefficient (Wildman–Crippen LogP) is 3.27. The molecule has 0 unspecified atom stereocenters. The van der Waals surface area contributed by atoms with Gasteiger partial charge in [0.1, 0.15) is 5.82 Å². The standard InChI is InChI=1S/C14H15FN2/c1-14(2)8-12-7-13(16-17(12)9-14)10-3-5-11(15)6-4-10/h3-7H,8-9H2,1-2H3/i1D,2D. The van der Waals surface area contributed by atoms with Gasteiger partial charge in [0, 0.05) is 20.5 Å². The number of hydrogen-bond acceptors (Lipinski definition) is 1. The second-order valence-corrected chi connectivity index (χ2v) is 4.86. The summed E-state index contributed by atoms with van der Waals surface area (Å²) in [5, 5.41) is 4.51. The van der Waals surface area contributed by atoms with E-state index >= 15 is 0 Å². The lowest BCUT2D eigenvalue weighted by molar-refractivity contribution is 0.347. The Hall–Kier alpha value is -1.64. The number of benzene rings is 1. The maximum Gasteiger partial charge on any atom is 0.123 e. The molecule has 0 spiro atoms. The fourth-order valence-corrected chi connectivity index (χ4v) is 2.25. The molecule has 17 heavy (non-hydrogen) atoms. The molecule has 88 valence electrons. The number of nitrogens with zero attached hydrogens (tertiary/aromatic N) is 2. The van der Waals surface area contributed by atoms with Crippen LogP contribution in [0.4, 0.5) is 4.39 Å². The molecular weight excluding hydrogens is 215 g/mol. The summed E-state index contributed by atoms with van der Waals surface area (Å²) in [6.07, 6.45) is 0.730. The van der Waals surface area contributed by atoms with Crippen LogP contribution in [-0.4, -0.2) is 9.78 Å². The van der Waals surface area contributed by atoms with Crippen molar-refractivity contribution < 1.29 is 7.13 Å². The number of halogens is 1. The van der Waals surface area contributed by atoms with Crippen molar-refractivity contribution in [2.45, 2.75) is 26.8 Å². The minimum Gasteiger partial charge on any atom is -0.268 e. The highest BCUT2D eigenvalue weighted by Crippen LogP contribution is 2.33. The Kier molecular flexibility index (Phi) is 1.70.